The minimum atomic E-state index is -0.356. The van der Waals surface area contributed by atoms with Gasteiger partial charge in [-0.15, -0.1) is 0 Å². The van der Waals surface area contributed by atoms with Crippen LogP contribution in [-0.4, -0.2) is 27.0 Å². The standard InChI is InChI=1S/C15H15NO4/c1-16-13-7-14(20-9-18-2)11-6-4-3-5-10(11)12(13)8-19-15(16)17/h3-7H,8-9H2,1-2H3. The number of benzene rings is 2. The highest BCUT2D eigenvalue weighted by atomic mass is 16.7. The first-order chi connectivity index (χ1) is 9.72. The number of ether oxygens (including phenoxy) is 3. The van der Waals surface area contributed by atoms with E-state index in [0.29, 0.717) is 5.75 Å². The van der Waals surface area contributed by atoms with Crippen molar-refractivity contribution < 1.29 is 19.0 Å². The molecule has 0 saturated carbocycles. The van der Waals surface area contributed by atoms with Crippen LogP contribution in [0.1, 0.15) is 5.56 Å². The van der Waals surface area contributed by atoms with E-state index in [1.54, 1.807) is 14.2 Å². The summed E-state index contributed by atoms with van der Waals surface area (Å²) in [6.07, 6.45) is -0.356. The summed E-state index contributed by atoms with van der Waals surface area (Å²) in [5, 5.41) is 2.00. The molecule has 1 amide bonds. The Balaban J connectivity index is 2.22. The van der Waals surface area contributed by atoms with Crippen LogP contribution in [0.25, 0.3) is 10.8 Å². The van der Waals surface area contributed by atoms with Crippen LogP contribution in [0.2, 0.25) is 0 Å². The van der Waals surface area contributed by atoms with E-state index >= 15 is 0 Å². The molecule has 1 aliphatic heterocycles. The summed E-state index contributed by atoms with van der Waals surface area (Å²) in [4.78, 5) is 13.1. The first-order valence-electron chi connectivity index (χ1n) is 6.29. The molecule has 0 radical (unpaired) electrons. The van der Waals surface area contributed by atoms with Crippen LogP contribution in [-0.2, 0) is 16.1 Å². The van der Waals surface area contributed by atoms with E-state index < -0.39 is 0 Å². The maximum absolute atomic E-state index is 11.7. The van der Waals surface area contributed by atoms with Crippen LogP contribution < -0.4 is 9.64 Å². The Morgan fingerprint density at radius 3 is 2.80 bits per heavy atom. The number of carbonyl (C=O) groups excluding carboxylic acids is 1. The minimum absolute atomic E-state index is 0.164. The Morgan fingerprint density at radius 2 is 2.05 bits per heavy atom. The van der Waals surface area contributed by atoms with Gasteiger partial charge in [-0.3, -0.25) is 4.90 Å². The van der Waals surface area contributed by atoms with E-state index in [9.17, 15) is 4.79 Å². The van der Waals surface area contributed by atoms with Gasteiger partial charge in [0.25, 0.3) is 0 Å². The van der Waals surface area contributed by atoms with Crippen molar-refractivity contribution in [2.45, 2.75) is 6.61 Å². The molecule has 3 rings (SSSR count). The second-order valence-corrected chi connectivity index (χ2v) is 4.58. The fraction of sp³-hybridized carbons (Fsp3) is 0.267. The number of methoxy groups -OCH3 is 1. The van der Waals surface area contributed by atoms with Crippen LogP contribution in [0.5, 0.6) is 5.75 Å². The molecule has 1 aliphatic rings. The average molecular weight is 273 g/mol. The molecule has 5 heteroatoms. The van der Waals surface area contributed by atoms with E-state index in [2.05, 4.69) is 0 Å². The number of anilines is 1. The zero-order valence-corrected chi connectivity index (χ0v) is 11.4. The molecular weight excluding hydrogens is 258 g/mol. The van der Waals surface area contributed by atoms with Gasteiger partial charge in [0.1, 0.15) is 12.4 Å². The van der Waals surface area contributed by atoms with Gasteiger partial charge in [-0.2, -0.15) is 0 Å². The molecule has 2 aromatic carbocycles. The van der Waals surface area contributed by atoms with E-state index in [-0.39, 0.29) is 19.5 Å². The second-order valence-electron chi connectivity index (χ2n) is 4.58. The van der Waals surface area contributed by atoms with Crippen LogP contribution in [0.4, 0.5) is 10.5 Å². The molecule has 0 N–H and O–H groups in total. The molecular formula is C15H15NO4. The van der Waals surface area contributed by atoms with Gasteiger partial charge in [-0.25, -0.2) is 4.79 Å². The zero-order chi connectivity index (χ0) is 14.1. The topological polar surface area (TPSA) is 48.0 Å². The summed E-state index contributed by atoms with van der Waals surface area (Å²) in [6, 6.07) is 9.75. The van der Waals surface area contributed by atoms with Gasteiger partial charge in [0, 0.05) is 31.2 Å². The fourth-order valence-electron chi connectivity index (χ4n) is 2.41. The average Bonchev–Trinajstić information content (AvgIpc) is 2.48. The molecule has 0 aliphatic carbocycles. The van der Waals surface area contributed by atoms with Crippen LogP contribution >= 0.6 is 0 Å². The number of hydrogen-bond donors (Lipinski definition) is 0. The Kier molecular flexibility index (Phi) is 3.20. The third-order valence-corrected chi connectivity index (χ3v) is 3.40. The van der Waals surface area contributed by atoms with Gasteiger partial charge in [0.15, 0.2) is 6.79 Å². The summed E-state index contributed by atoms with van der Waals surface area (Å²) in [5.41, 5.74) is 1.80. The molecule has 20 heavy (non-hydrogen) atoms. The Labute approximate surface area is 116 Å². The molecule has 0 fully saturated rings. The number of rotatable bonds is 3. The van der Waals surface area contributed by atoms with Crippen molar-refractivity contribution in [3.8, 4) is 5.75 Å². The predicted octanol–water partition coefficient (Wildman–Crippen LogP) is 2.91. The number of amides is 1. The molecule has 0 bridgehead atoms. The lowest BCUT2D eigenvalue weighted by Crippen LogP contribution is -2.32. The Hall–Kier alpha value is -2.27. The molecule has 104 valence electrons. The van der Waals surface area contributed by atoms with E-state index in [4.69, 9.17) is 14.2 Å². The largest absolute Gasteiger partial charge is 0.467 e. The number of nitrogens with zero attached hydrogens (tertiary/aromatic N) is 1. The lowest BCUT2D eigenvalue weighted by molar-refractivity contribution is 0.0522. The monoisotopic (exact) mass is 273 g/mol. The van der Waals surface area contributed by atoms with Crippen molar-refractivity contribution in [3.05, 3.63) is 35.9 Å². The number of fused-ring (bicyclic) bond motifs is 3. The molecule has 5 nitrogen and oxygen atoms in total. The summed E-state index contributed by atoms with van der Waals surface area (Å²) in [7, 11) is 3.26. The van der Waals surface area contributed by atoms with Gasteiger partial charge in [0.2, 0.25) is 0 Å². The van der Waals surface area contributed by atoms with E-state index in [1.165, 1.54) is 4.90 Å². The number of cyclic esters (lactones) is 1. The predicted molar refractivity (Wildman–Crippen MR) is 75.0 cm³/mol. The zero-order valence-electron chi connectivity index (χ0n) is 11.4. The quantitative estimate of drug-likeness (QED) is 0.807. The molecule has 0 aromatic heterocycles. The van der Waals surface area contributed by atoms with Gasteiger partial charge in [-0.05, 0) is 5.39 Å². The molecule has 0 unspecified atom stereocenters. The first kappa shape index (κ1) is 12.7. The molecule has 0 saturated heterocycles. The minimum Gasteiger partial charge on any atom is -0.467 e. The fourth-order valence-corrected chi connectivity index (χ4v) is 2.41. The number of carbonyl (C=O) groups is 1. The van der Waals surface area contributed by atoms with Crippen molar-refractivity contribution in [3.63, 3.8) is 0 Å². The highest BCUT2D eigenvalue weighted by Crippen LogP contribution is 2.38. The highest BCUT2D eigenvalue weighted by molar-refractivity contribution is 6.00. The SMILES string of the molecule is COCOc1cc2c(c3ccccc13)COC(=O)N2C. The first-order valence-corrected chi connectivity index (χ1v) is 6.29. The van der Waals surface area contributed by atoms with Crippen molar-refractivity contribution in [2.24, 2.45) is 0 Å². The molecule has 1 heterocycles. The Morgan fingerprint density at radius 1 is 1.30 bits per heavy atom. The summed E-state index contributed by atoms with van der Waals surface area (Å²) >= 11 is 0. The molecule has 2 aromatic rings. The summed E-state index contributed by atoms with van der Waals surface area (Å²) in [6.45, 7) is 0.445. The highest BCUT2D eigenvalue weighted by Gasteiger charge is 2.25. The third kappa shape index (κ3) is 1.96. The maximum atomic E-state index is 11.7. The van der Waals surface area contributed by atoms with Gasteiger partial charge < -0.3 is 14.2 Å². The van der Waals surface area contributed by atoms with E-state index in [1.807, 2.05) is 30.3 Å². The summed E-state index contributed by atoms with van der Waals surface area (Å²) in [5.74, 6) is 0.697. The number of hydrogen-bond acceptors (Lipinski definition) is 4. The Bertz CT molecular complexity index is 668. The van der Waals surface area contributed by atoms with Gasteiger partial charge in [0.05, 0.1) is 5.69 Å². The van der Waals surface area contributed by atoms with Crippen molar-refractivity contribution in [1.29, 1.82) is 0 Å². The molecule has 0 spiro atoms. The summed E-state index contributed by atoms with van der Waals surface area (Å²) < 4.78 is 15.7. The lowest BCUT2D eigenvalue weighted by Gasteiger charge is -2.27. The van der Waals surface area contributed by atoms with Gasteiger partial charge in [-0.1, -0.05) is 24.3 Å². The molecule has 0 atom stereocenters. The van der Waals surface area contributed by atoms with Crippen LogP contribution in [0, 0.1) is 0 Å². The van der Waals surface area contributed by atoms with Crippen molar-refractivity contribution >= 4 is 22.6 Å². The second kappa shape index (κ2) is 5.02. The third-order valence-electron chi connectivity index (χ3n) is 3.40. The normalized spacial score (nSPS) is 14.1. The lowest BCUT2D eigenvalue weighted by atomic mass is 10.0. The van der Waals surface area contributed by atoms with Crippen LogP contribution in [0.15, 0.2) is 30.3 Å². The smallest absolute Gasteiger partial charge is 0.414 e. The maximum Gasteiger partial charge on any atom is 0.414 e. The van der Waals surface area contributed by atoms with Crippen LogP contribution in [0.3, 0.4) is 0 Å². The van der Waals surface area contributed by atoms with Crippen molar-refractivity contribution in [2.75, 3.05) is 25.9 Å². The van der Waals surface area contributed by atoms with E-state index in [0.717, 1.165) is 22.0 Å². The van der Waals surface area contributed by atoms with Gasteiger partial charge >= 0.3 is 6.09 Å². The van der Waals surface area contributed by atoms with Crippen molar-refractivity contribution in [1.82, 2.24) is 0 Å².